The molecule has 2 aliphatic rings. The monoisotopic (exact) mass is 308 g/mol. The molecule has 0 amide bonds. The summed E-state index contributed by atoms with van der Waals surface area (Å²) >= 11 is 1.40. The Morgan fingerprint density at radius 1 is 1.29 bits per heavy atom. The molecule has 1 N–H and O–H groups in total. The lowest BCUT2D eigenvalue weighted by Gasteiger charge is -2.38. The molecule has 1 aliphatic heterocycles. The number of nitrogens with zero attached hydrogens (tertiary/aromatic N) is 2. The average molecular weight is 308 g/mol. The number of carboxylic acids is 1. The molecule has 0 aromatic carbocycles. The maximum Gasteiger partial charge on any atom is 0.345 e. The van der Waals surface area contributed by atoms with Crippen LogP contribution in [0.3, 0.4) is 0 Å². The Balaban J connectivity index is 1.54. The second kappa shape index (κ2) is 6.46. The summed E-state index contributed by atoms with van der Waals surface area (Å²) in [7, 11) is 0. The number of carbonyl (C=O) groups is 1. The van der Waals surface area contributed by atoms with Crippen LogP contribution in [0, 0.1) is 6.92 Å². The van der Waals surface area contributed by atoms with E-state index in [1.165, 1.54) is 55.7 Å². The molecule has 5 heteroatoms. The highest BCUT2D eigenvalue weighted by Gasteiger charge is 2.26. The molecule has 3 rings (SSSR count). The molecule has 0 spiro atoms. The third kappa shape index (κ3) is 3.47. The highest BCUT2D eigenvalue weighted by molar-refractivity contribution is 7.14. The SMILES string of the molecule is Cc1sc(C(=O)O)cc1CN1CCN(C2CCCC2)CC1. The Bertz CT molecular complexity index is 500. The molecule has 1 aliphatic carbocycles. The van der Waals surface area contributed by atoms with Crippen molar-refractivity contribution in [2.45, 2.75) is 45.2 Å². The molecule has 0 bridgehead atoms. The standard InChI is InChI=1S/C16H24N2O2S/c1-12-13(10-15(21-12)16(19)20)11-17-6-8-18(9-7-17)14-4-2-3-5-14/h10,14H,2-9,11H2,1H3,(H,19,20). The van der Waals surface area contributed by atoms with E-state index in [1.807, 2.05) is 13.0 Å². The summed E-state index contributed by atoms with van der Waals surface area (Å²) in [5.74, 6) is -0.805. The predicted molar refractivity (Wildman–Crippen MR) is 85.1 cm³/mol. The van der Waals surface area contributed by atoms with Crippen molar-refractivity contribution in [1.29, 1.82) is 0 Å². The zero-order valence-electron chi connectivity index (χ0n) is 12.7. The number of thiophene rings is 1. The van der Waals surface area contributed by atoms with Gasteiger partial charge in [-0.3, -0.25) is 9.80 Å². The Hall–Kier alpha value is -0.910. The normalized spacial score (nSPS) is 22.0. The Labute approximate surface area is 130 Å². The molecule has 4 nitrogen and oxygen atoms in total. The van der Waals surface area contributed by atoms with Gasteiger partial charge in [0, 0.05) is 43.6 Å². The molecule has 2 heterocycles. The molecule has 1 saturated carbocycles. The van der Waals surface area contributed by atoms with Crippen LogP contribution in [0.4, 0.5) is 0 Å². The van der Waals surface area contributed by atoms with Crippen molar-refractivity contribution in [3.05, 3.63) is 21.4 Å². The van der Waals surface area contributed by atoms with E-state index in [4.69, 9.17) is 5.11 Å². The van der Waals surface area contributed by atoms with Gasteiger partial charge in [0.1, 0.15) is 4.88 Å². The van der Waals surface area contributed by atoms with Crippen LogP contribution in [0.1, 0.15) is 45.8 Å². The van der Waals surface area contributed by atoms with E-state index < -0.39 is 5.97 Å². The number of piperazine rings is 1. The van der Waals surface area contributed by atoms with Crippen LogP contribution in [0.2, 0.25) is 0 Å². The molecule has 1 aromatic heterocycles. The number of aromatic carboxylic acids is 1. The van der Waals surface area contributed by atoms with Crippen molar-refractivity contribution in [3.8, 4) is 0 Å². The van der Waals surface area contributed by atoms with Crippen molar-refractivity contribution in [3.63, 3.8) is 0 Å². The summed E-state index contributed by atoms with van der Waals surface area (Å²) in [6, 6.07) is 2.68. The van der Waals surface area contributed by atoms with Crippen molar-refractivity contribution >= 4 is 17.3 Å². The van der Waals surface area contributed by atoms with Crippen LogP contribution >= 0.6 is 11.3 Å². The summed E-state index contributed by atoms with van der Waals surface area (Å²) in [4.78, 5) is 17.8. The Morgan fingerprint density at radius 3 is 2.52 bits per heavy atom. The van der Waals surface area contributed by atoms with Crippen molar-refractivity contribution in [1.82, 2.24) is 9.80 Å². The third-order valence-electron chi connectivity index (χ3n) is 4.87. The van der Waals surface area contributed by atoms with Crippen LogP contribution in [-0.2, 0) is 6.54 Å². The van der Waals surface area contributed by atoms with Gasteiger partial charge in [-0.1, -0.05) is 12.8 Å². The van der Waals surface area contributed by atoms with Crippen LogP contribution in [0.25, 0.3) is 0 Å². The van der Waals surface area contributed by atoms with Crippen molar-refractivity contribution in [2.75, 3.05) is 26.2 Å². The second-order valence-corrected chi connectivity index (χ2v) is 7.50. The van der Waals surface area contributed by atoms with Gasteiger partial charge in [-0.2, -0.15) is 0 Å². The lowest BCUT2D eigenvalue weighted by Crippen LogP contribution is -2.49. The highest BCUT2D eigenvalue weighted by Crippen LogP contribution is 2.26. The van der Waals surface area contributed by atoms with Gasteiger partial charge in [-0.05, 0) is 31.4 Å². The first-order valence-electron chi connectivity index (χ1n) is 7.92. The molecule has 1 aromatic rings. The van der Waals surface area contributed by atoms with E-state index >= 15 is 0 Å². The highest BCUT2D eigenvalue weighted by atomic mass is 32.1. The molecule has 1 saturated heterocycles. The fourth-order valence-electron chi connectivity index (χ4n) is 3.58. The van der Waals surface area contributed by atoms with Gasteiger partial charge in [0.05, 0.1) is 0 Å². The number of rotatable bonds is 4. The molecule has 116 valence electrons. The molecule has 0 unspecified atom stereocenters. The van der Waals surface area contributed by atoms with E-state index in [-0.39, 0.29) is 0 Å². The fraction of sp³-hybridized carbons (Fsp3) is 0.688. The lowest BCUT2D eigenvalue weighted by atomic mass is 10.1. The van der Waals surface area contributed by atoms with Gasteiger partial charge in [-0.15, -0.1) is 11.3 Å². The maximum absolute atomic E-state index is 11.0. The predicted octanol–water partition coefficient (Wildman–Crippen LogP) is 2.81. The quantitative estimate of drug-likeness (QED) is 0.929. The van der Waals surface area contributed by atoms with E-state index in [9.17, 15) is 4.79 Å². The first-order valence-corrected chi connectivity index (χ1v) is 8.74. The third-order valence-corrected chi connectivity index (χ3v) is 5.95. The second-order valence-electron chi connectivity index (χ2n) is 6.25. The Kier molecular flexibility index (Phi) is 4.62. The van der Waals surface area contributed by atoms with Gasteiger partial charge in [0.25, 0.3) is 0 Å². The number of hydrogen-bond donors (Lipinski definition) is 1. The summed E-state index contributed by atoms with van der Waals surface area (Å²) in [5, 5.41) is 9.07. The average Bonchev–Trinajstić information content (AvgIpc) is 3.10. The Morgan fingerprint density at radius 2 is 1.95 bits per heavy atom. The van der Waals surface area contributed by atoms with Gasteiger partial charge in [0.2, 0.25) is 0 Å². The molecule has 0 radical (unpaired) electrons. The molecular weight excluding hydrogens is 284 g/mol. The minimum atomic E-state index is -0.805. The minimum Gasteiger partial charge on any atom is -0.477 e. The molecule has 2 fully saturated rings. The number of aryl methyl sites for hydroxylation is 1. The molecule has 21 heavy (non-hydrogen) atoms. The topological polar surface area (TPSA) is 43.8 Å². The van der Waals surface area contributed by atoms with Crippen LogP contribution in [0.15, 0.2) is 6.07 Å². The molecular formula is C16H24N2O2S. The fourth-order valence-corrected chi connectivity index (χ4v) is 4.45. The minimum absolute atomic E-state index is 0.465. The summed E-state index contributed by atoms with van der Waals surface area (Å²) < 4.78 is 0. The number of carboxylic acid groups (broad SMARTS) is 1. The van der Waals surface area contributed by atoms with E-state index in [0.29, 0.717) is 4.88 Å². The van der Waals surface area contributed by atoms with Crippen molar-refractivity contribution < 1.29 is 9.90 Å². The first kappa shape index (κ1) is 15.0. The van der Waals surface area contributed by atoms with Gasteiger partial charge < -0.3 is 5.11 Å². The van der Waals surface area contributed by atoms with Gasteiger partial charge in [-0.25, -0.2) is 4.79 Å². The van der Waals surface area contributed by atoms with Gasteiger partial charge >= 0.3 is 5.97 Å². The lowest BCUT2D eigenvalue weighted by molar-refractivity contribution is 0.0701. The van der Waals surface area contributed by atoms with E-state index in [0.717, 1.165) is 30.6 Å². The van der Waals surface area contributed by atoms with Gasteiger partial charge in [0.15, 0.2) is 0 Å². The smallest absolute Gasteiger partial charge is 0.345 e. The summed E-state index contributed by atoms with van der Waals surface area (Å²) in [6.07, 6.45) is 5.56. The summed E-state index contributed by atoms with van der Waals surface area (Å²) in [5.41, 5.74) is 1.19. The first-order chi connectivity index (χ1) is 10.1. The maximum atomic E-state index is 11.0. The van der Waals surface area contributed by atoms with Crippen LogP contribution in [-0.4, -0.2) is 53.1 Å². The molecule has 0 atom stereocenters. The van der Waals surface area contributed by atoms with E-state index in [2.05, 4.69) is 9.80 Å². The van der Waals surface area contributed by atoms with Crippen LogP contribution in [0.5, 0.6) is 0 Å². The number of hydrogen-bond acceptors (Lipinski definition) is 4. The van der Waals surface area contributed by atoms with Crippen LogP contribution < -0.4 is 0 Å². The zero-order valence-corrected chi connectivity index (χ0v) is 13.5. The largest absolute Gasteiger partial charge is 0.477 e. The van der Waals surface area contributed by atoms with Crippen molar-refractivity contribution in [2.24, 2.45) is 0 Å². The zero-order chi connectivity index (χ0) is 14.8. The van der Waals surface area contributed by atoms with E-state index in [1.54, 1.807) is 0 Å². The summed E-state index contributed by atoms with van der Waals surface area (Å²) in [6.45, 7) is 7.47.